The number of fused-ring (bicyclic) bond motifs is 3. The Hall–Kier alpha value is -3.15. The molecule has 0 saturated heterocycles. The lowest BCUT2D eigenvalue weighted by atomic mass is 9.85. The quantitative estimate of drug-likeness (QED) is 0.831. The third-order valence-electron chi connectivity index (χ3n) is 4.96. The molecule has 5 rings (SSSR count). The van der Waals surface area contributed by atoms with Gasteiger partial charge in [-0.1, -0.05) is 6.08 Å². The van der Waals surface area contributed by atoms with Crippen LogP contribution in [0.15, 0.2) is 18.2 Å². The van der Waals surface area contributed by atoms with Crippen molar-refractivity contribution in [3.8, 4) is 34.1 Å². The van der Waals surface area contributed by atoms with Crippen molar-refractivity contribution in [3.05, 3.63) is 34.2 Å². The highest BCUT2D eigenvalue weighted by Gasteiger charge is 2.33. The van der Waals surface area contributed by atoms with E-state index in [1.807, 2.05) is 18.0 Å². The summed E-state index contributed by atoms with van der Waals surface area (Å²) < 4.78 is 16.2. The Bertz CT molecular complexity index is 1090. The number of nitrogens with zero attached hydrogens (tertiary/aromatic N) is 1. The van der Waals surface area contributed by atoms with Crippen molar-refractivity contribution in [3.63, 3.8) is 0 Å². The van der Waals surface area contributed by atoms with E-state index < -0.39 is 0 Å². The number of carbonyl (C=O) groups excluding carboxylic acids is 1. The molecule has 6 heteroatoms. The molecule has 3 aliphatic rings. The van der Waals surface area contributed by atoms with Crippen LogP contribution in [0.5, 0.6) is 23.0 Å². The average molecular weight is 337 g/mol. The van der Waals surface area contributed by atoms with E-state index in [9.17, 15) is 9.90 Å². The van der Waals surface area contributed by atoms with Gasteiger partial charge in [-0.25, -0.2) is 0 Å². The molecule has 0 spiro atoms. The lowest BCUT2D eigenvalue weighted by Gasteiger charge is -2.29. The minimum Gasteiger partial charge on any atom is -0.504 e. The van der Waals surface area contributed by atoms with E-state index in [0.29, 0.717) is 46.2 Å². The molecule has 1 N–H and O–H groups in total. The van der Waals surface area contributed by atoms with E-state index in [-0.39, 0.29) is 18.3 Å². The molecular weight excluding hydrogens is 322 g/mol. The van der Waals surface area contributed by atoms with Crippen molar-refractivity contribution in [2.45, 2.75) is 0 Å². The van der Waals surface area contributed by atoms with Crippen LogP contribution in [-0.4, -0.2) is 43.3 Å². The molecule has 0 unspecified atom stereocenters. The molecule has 2 aromatic rings. The maximum atomic E-state index is 13.2. The molecule has 2 heterocycles. The average Bonchev–Trinajstić information content (AvgIpc) is 3.07. The zero-order valence-corrected chi connectivity index (χ0v) is 13.8. The molecular formula is C19H15NO5. The highest BCUT2D eigenvalue weighted by atomic mass is 16.7. The smallest absolute Gasteiger partial charge is 0.231 e. The first-order valence-corrected chi connectivity index (χ1v) is 7.94. The van der Waals surface area contributed by atoms with Gasteiger partial charge in [0.1, 0.15) is 0 Å². The number of phenols is 1. The summed E-state index contributed by atoms with van der Waals surface area (Å²) in [6.45, 7) is 0.736. The number of ketones is 1. The Balaban J connectivity index is 1.99. The Morgan fingerprint density at radius 1 is 1.16 bits per heavy atom. The molecule has 25 heavy (non-hydrogen) atoms. The topological polar surface area (TPSA) is 68.2 Å². The SMILES string of the molecule is COc1cc2c3c(c1O)-c1cc4c(cc1C(=O)C=3N(C)CC=2)OCO4. The van der Waals surface area contributed by atoms with Crippen LogP contribution < -0.4 is 24.6 Å². The summed E-state index contributed by atoms with van der Waals surface area (Å²) in [6.07, 6.45) is 2.02. The normalized spacial score (nSPS) is 16.3. The molecule has 0 fully saturated rings. The number of hydrogen-bond acceptors (Lipinski definition) is 6. The van der Waals surface area contributed by atoms with Crippen LogP contribution in [0.2, 0.25) is 0 Å². The van der Waals surface area contributed by atoms with Crippen LogP contribution in [0.4, 0.5) is 0 Å². The van der Waals surface area contributed by atoms with E-state index in [0.717, 1.165) is 10.4 Å². The molecule has 6 nitrogen and oxygen atoms in total. The van der Waals surface area contributed by atoms with Gasteiger partial charge in [0.2, 0.25) is 12.6 Å². The summed E-state index contributed by atoms with van der Waals surface area (Å²) in [6, 6.07) is 5.23. The standard InChI is InChI=1S/C19H15NO5/c1-20-4-3-9-5-14(23-2)19(22)16-10-6-12-13(25-8-24-12)7-11(10)18(21)17(20)15(9)16/h3,5-7,22H,4,8H2,1-2H3. The van der Waals surface area contributed by atoms with Crippen molar-refractivity contribution in [1.29, 1.82) is 0 Å². The zero-order chi connectivity index (χ0) is 17.3. The monoisotopic (exact) mass is 337 g/mol. The van der Waals surface area contributed by atoms with Crippen LogP contribution in [0.25, 0.3) is 22.9 Å². The van der Waals surface area contributed by atoms with E-state index >= 15 is 0 Å². The predicted molar refractivity (Wildman–Crippen MR) is 90.3 cm³/mol. The Morgan fingerprint density at radius 2 is 1.88 bits per heavy atom. The van der Waals surface area contributed by atoms with Crippen molar-refractivity contribution < 1.29 is 24.1 Å². The largest absolute Gasteiger partial charge is 0.504 e. The Labute approximate surface area is 143 Å². The number of hydrogen-bond donors (Lipinski definition) is 1. The van der Waals surface area contributed by atoms with Crippen molar-refractivity contribution in [1.82, 2.24) is 4.90 Å². The second-order valence-corrected chi connectivity index (χ2v) is 6.28. The third kappa shape index (κ3) is 1.71. The molecule has 0 amide bonds. The van der Waals surface area contributed by atoms with Gasteiger partial charge < -0.3 is 24.2 Å². The van der Waals surface area contributed by atoms with Gasteiger partial charge in [-0.2, -0.15) is 0 Å². The first-order chi connectivity index (χ1) is 12.1. The zero-order valence-electron chi connectivity index (χ0n) is 13.8. The van der Waals surface area contributed by atoms with Gasteiger partial charge >= 0.3 is 0 Å². The summed E-state index contributed by atoms with van der Waals surface area (Å²) in [5.74, 6) is 1.44. The lowest BCUT2D eigenvalue weighted by molar-refractivity contribution is 0.103. The summed E-state index contributed by atoms with van der Waals surface area (Å²) in [7, 11) is 3.39. The van der Waals surface area contributed by atoms with Crippen LogP contribution in [-0.2, 0) is 0 Å². The maximum absolute atomic E-state index is 13.2. The molecule has 0 aromatic heterocycles. The first-order valence-electron chi connectivity index (χ1n) is 7.94. The van der Waals surface area contributed by atoms with Gasteiger partial charge in [0, 0.05) is 35.5 Å². The number of phenolic OH excluding ortho intramolecular Hbond substituents is 1. The molecule has 0 bridgehead atoms. The number of ether oxygens (including phenoxy) is 3. The molecule has 126 valence electrons. The van der Waals surface area contributed by atoms with Gasteiger partial charge in [0.25, 0.3) is 0 Å². The van der Waals surface area contributed by atoms with Crippen molar-refractivity contribution in [2.75, 3.05) is 27.5 Å². The van der Waals surface area contributed by atoms with Crippen LogP contribution in [0.3, 0.4) is 0 Å². The fraction of sp³-hybridized carbons (Fsp3) is 0.211. The van der Waals surface area contributed by atoms with Crippen molar-refractivity contribution >= 4 is 17.6 Å². The molecule has 2 aliphatic heterocycles. The fourth-order valence-corrected chi connectivity index (χ4v) is 3.77. The summed E-state index contributed by atoms with van der Waals surface area (Å²) in [5.41, 5.74) is 2.31. The number of benzene rings is 2. The molecule has 1 aliphatic carbocycles. The summed E-state index contributed by atoms with van der Waals surface area (Å²) in [4.78, 5) is 15.1. The third-order valence-corrected chi connectivity index (χ3v) is 4.96. The number of Topliss-reactive ketones (excluding diaryl/α,β-unsaturated/α-hetero) is 1. The van der Waals surface area contributed by atoms with Crippen LogP contribution in [0, 0.1) is 0 Å². The number of aromatic hydroxyl groups is 1. The van der Waals surface area contributed by atoms with Crippen LogP contribution >= 0.6 is 0 Å². The number of likely N-dealkylation sites (N-methyl/N-ethyl adjacent to an activating group) is 1. The van der Waals surface area contributed by atoms with E-state index in [1.54, 1.807) is 18.2 Å². The van der Waals surface area contributed by atoms with E-state index in [4.69, 9.17) is 14.2 Å². The van der Waals surface area contributed by atoms with Crippen molar-refractivity contribution in [2.24, 2.45) is 0 Å². The van der Waals surface area contributed by atoms with Gasteiger partial charge in [0.15, 0.2) is 23.0 Å². The molecule has 0 saturated carbocycles. The maximum Gasteiger partial charge on any atom is 0.231 e. The van der Waals surface area contributed by atoms with Gasteiger partial charge in [0.05, 0.1) is 12.8 Å². The summed E-state index contributed by atoms with van der Waals surface area (Å²) in [5, 5.41) is 12.4. The minimum absolute atomic E-state index is 0.0232. The first kappa shape index (κ1) is 14.2. The molecule has 0 atom stereocenters. The van der Waals surface area contributed by atoms with Gasteiger partial charge in [-0.15, -0.1) is 0 Å². The van der Waals surface area contributed by atoms with E-state index in [1.165, 1.54) is 7.11 Å². The minimum atomic E-state index is -0.0813. The second-order valence-electron chi connectivity index (χ2n) is 6.28. The number of methoxy groups -OCH3 is 1. The van der Waals surface area contributed by atoms with E-state index in [2.05, 4.69) is 0 Å². The second kappa shape index (κ2) is 4.69. The fourth-order valence-electron chi connectivity index (χ4n) is 3.77. The molecule has 0 radical (unpaired) electrons. The molecule has 2 aromatic carbocycles. The Kier molecular flexibility index (Phi) is 2.67. The predicted octanol–water partition coefficient (Wildman–Crippen LogP) is 0.827. The lowest BCUT2D eigenvalue weighted by Crippen LogP contribution is -2.44. The van der Waals surface area contributed by atoms with Gasteiger partial charge in [-0.3, -0.25) is 4.79 Å². The number of carbonyl (C=O) groups is 1. The highest BCUT2D eigenvalue weighted by Crippen LogP contribution is 2.44. The summed E-state index contributed by atoms with van der Waals surface area (Å²) >= 11 is 0. The highest BCUT2D eigenvalue weighted by molar-refractivity contribution is 6.29. The Morgan fingerprint density at radius 3 is 2.60 bits per heavy atom. The number of rotatable bonds is 1. The van der Waals surface area contributed by atoms with Crippen LogP contribution in [0.1, 0.15) is 10.4 Å². The van der Waals surface area contributed by atoms with Gasteiger partial charge in [-0.05, 0) is 23.4 Å².